The van der Waals surface area contributed by atoms with Crippen LogP contribution in [0.25, 0.3) is 0 Å². The van der Waals surface area contributed by atoms with Crippen molar-refractivity contribution in [1.29, 1.82) is 0 Å². The van der Waals surface area contributed by atoms with Gasteiger partial charge in [-0.05, 0) is 48.0 Å². The Labute approximate surface area is 125 Å². The number of ether oxygens (including phenoxy) is 1. The first-order chi connectivity index (χ1) is 9.10. The second-order valence-corrected chi connectivity index (χ2v) is 5.39. The molecule has 0 N–H and O–H groups in total. The van der Waals surface area contributed by atoms with E-state index in [1.54, 1.807) is 37.4 Å². The number of Topliss-reactive ketones (excluding diaryl/α,β-unsaturated/α-hetero) is 1. The van der Waals surface area contributed by atoms with E-state index in [1.165, 1.54) is 0 Å². The topological polar surface area (TPSA) is 26.3 Å². The van der Waals surface area contributed by atoms with E-state index in [9.17, 15) is 4.79 Å². The molecule has 0 fully saturated rings. The normalized spacial score (nSPS) is 10.3. The van der Waals surface area contributed by atoms with E-state index in [2.05, 4.69) is 15.9 Å². The van der Waals surface area contributed by atoms with E-state index < -0.39 is 0 Å². The molecule has 0 saturated heterocycles. The molecule has 2 rings (SSSR count). The van der Waals surface area contributed by atoms with Crippen molar-refractivity contribution in [3.05, 3.63) is 63.1 Å². The van der Waals surface area contributed by atoms with E-state index in [4.69, 9.17) is 16.3 Å². The summed E-state index contributed by atoms with van der Waals surface area (Å²) in [5, 5.41) is 0.602. The van der Waals surface area contributed by atoms with Gasteiger partial charge in [0.25, 0.3) is 0 Å². The summed E-state index contributed by atoms with van der Waals surface area (Å²) in [7, 11) is 1.60. The van der Waals surface area contributed by atoms with Crippen LogP contribution < -0.4 is 4.74 Å². The summed E-state index contributed by atoms with van der Waals surface area (Å²) in [6.07, 6.45) is 0.282. The van der Waals surface area contributed by atoms with Gasteiger partial charge in [0.2, 0.25) is 0 Å². The lowest BCUT2D eigenvalue weighted by Gasteiger charge is -2.05. The number of methoxy groups -OCH3 is 1. The average Bonchev–Trinajstić information content (AvgIpc) is 2.43. The molecule has 0 unspecified atom stereocenters. The predicted molar refractivity (Wildman–Crippen MR) is 80.2 cm³/mol. The number of benzene rings is 2. The number of hydrogen-bond donors (Lipinski definition) is 0. The highest BCUT2D eigenvalue weighted by molar-refractivity contribution is 9.10. The zero-order valence-corrected chi connectivity index (χ0v) is 12.7. The van der Waals surface area contributed by atoms with Crippen LogP contribution in [0, 0.1) is 0 Å². The van der Waals surface area contributed by atoms with Crippen molar-refractivity contribution in [2.75, 3.05) is 7.11 Å². The molecule has 0 aliphatic carbocycles. The van der Waals surface area contributed by atoms with Crippen LogP contribution in [0.5, 0.6) is 5.75 Å². The number of ketones is 1. The summed E-state index contributed by atoms with van der Waals surface area (Å²) in [6.45, 7) is 0. The van der Waals surface area contributed by atoms with Gasteiger partial charge in [0.05, 0.1) is 7.11 Å². The maximum absolute atomic E-state index is 12.2. The molecule has 2 nitrogen and oxygen atoms in total. The minimum Gasteiger partial charge on any atom is -0.497 e. The highest BCUT2D eigenvalue weighted by Crippen LogP contribution is 2.23. The van der Waals surface area contributed by atoms with Crippen molar-refractivity contribution < 1.29 is 9.53 Å². The molecule has 4 heteroatoms. The van der Waals surface area contributed by atoms with Crippen molar-refractivity contribution in [3.8, 4) is 5.75 Å². The third-order valence-corrected chi connectivity index (χ3v) is 3.63. The summed E-state index contributed by atoms with van der Waals surface area (Å²) in [5.74, 6) is 0.764. The molecule has 19 heavy (non-hydrogen) atoms. The second-order valence-electron chi connectivity index (χ2n) is 4.06. The van der Waals surface area contributed by atoms with Gasteiger partial charge in [-0.25, -0.2) is 0 Å². The molecule has 0 aliphatic heterocycles. The Balaban J connectivity index is 2.18. The molecule has 0 aromatic heterocycles. The Hall–Kier alpha value is -1.32. The van der Waals surface area contributed by atoms with Crippen molar-refractivity contribution >= 4 is 33.3 Å². The number of hydrogen-bond acceptors (Lipinski definition) is 2. The molecule has 0 radical (unpaired) electrons. The van der Waals surface area contributed by atoms with Crippen molar-refractivity contribution in [3.63, 3.8) is 0 Å². The molecule has 0 heterocycles. The molecule has 0 bridgehead atoms. The molecule has 0 spiro atoms. The minimum atomic E-state index is 0.0302. The minimum absolute atomic E-state index is 0.0302. The zero-order valence-electron chi connectivity index (χ0n) is 10.3. The van der Waals surface area contributed by atoms with Crippen LogP contribution in [0.2, 0.25) is 5.02 Å². The highest BCUT2D eigenvalue weighted by atomic mass is 79.9. The number of carbonyl (C=O) groups excluding carboxylic acids is 1. The average molecular weight is 340 g/mol. The van der Waals surface area contributed by atoms with E-state index in [0.717, 1.165) is 15.8 Å². The maximum atomic E-state index is 12.2. The van der Waals surface area contributed by atoms with Crippen LogP contribution >= 0.6 is 27.5 Å². The van der Waals surface area contributed by atoms with E-state index in [-0.39, 0.29) is 12.2 Å². The van der Waals surface area contributed by atoms with Gasteiger partial charge in [-0.15, -0.1) is 0 Å². The fraction of sp³-hybridized carbons (Fsp3) is 0.133. The first-order valence-electron chi connectivity index (χ1n) is 5.71. The largest absolute Gasteiger partial charge is 0.497 e. The first kappa shape index (κ1) is 14.1. The van der Waals surface area contributed by atoms with Crippen molar-refractivity contribution in [1.82, 2.24) is 0 Å². The zero-order chi connectivity index (χ0) is 13.8. The van der Waals surface area contributed by atoms with E-state index in [0.29, 0.717) is 10.6 Å². The molecule has 98 valence electrons. The Kier molecular flexibility index (Phi) is 4.61. The van der Waals surface area contributed by atoms with Crippen molar-refractivity contribution in [2.24, 2.45) is 0 Å². The van der Waals surface area contributed by atoms with Crippen LogP contribution in [-0.2, 0) is 6.42 Å². The lowest BCUT2D eigenvalue weighted by Crippen LogP contribution is -2.04. The lowest BCUT2D eigenvalue weighted by molar-refractivity contribution is 0.0993. The van der Waals surface area contributed by atoms with Gasteiger partial charge in [-0.1, -0.05) is 27.5 Å². The summed E-state index contributed by atoms with van der Waals surface area (Å²) in [5.41, 5.74) is 1.47. The second kappa shape index (κ2) is 6.22. The van der Waals surface area contributed by atoms with Gasteiger partial charge >= 0.3 is 0 Å². The Morgan fingerprint density at radius 1 is 1.21 bits per heavy atom. The van der Waals surface area contributed by atoms with Gasteiger partial charge < -0.3 is 4.74 Å². The molecular weight excluding hydrogens is 328 g/mol. The Morgan fingerprint density at radius 3 is 2.53 bits per heavy atom. The van der Waals surface area contributed by atoms with Crippen LogP contribution in [-0.4, -0.2) is 12.9 Å². The monoisotopic (exact) mass is 338 g/mol. The third kappa shape index (κ3) is 3.58. The Bertz CT molecular complexity index is 594. The molecule has 2 aromatic rings. The summed E-state index contributed by atoms with van der Waals surface area (Å²) < 4.78 is 5.97. The number of carbonyl (C=O) groups is 1. The van der Waals surface area contributed by atoms with Gasteiger partial charge in [0.1, 0.15) is 5.75 Å². The van der Waals surface area contributed by atoms with Crippen LogP contribution in [0.4, 0.5) is 0 Å². The fourth-order valence-corrected chi connectivity index (χ4v) is 2.32. The highest BCUT2D eigenvalue weighted by Gasteiger charge is 2.10. The molecule has 0 amide bonds. The van der Waals surface area contributed by atoms with Gasteiger partial charge in [0.15, 0.2) is 5.78 Å². The van der Waals surface area contributed by atoms with Crippen LogP contribution in [0.1, 0.15) is 15.9 Å². The standard InChI is InChI=1S/C15H12BrClO2/c1-19-13-5-2-10(3-6-13)15(18)9-11-8-12(16)4-7-14(11)17/h2-8H,9H2,1H3. The molecule has 2 aromatic carbocycles. The predicted octanol–water partition coefficient (Wildman–Crippen LogP) is 4.54. The lowest BCUT2D eigenvalue weighted by atomic mass is 10.0. The van der Waals surface area contributed by atoms with Gasteiger partial charge in [-0.2, -0.15) is 0 Å². The molecule has 0 saturated carbocycles. The summed E-state index contributed by atoms with van der Waals surface area (Å²) in [4.78, 5) is 12.2. The quantitative estimate of drug-likeness (QED) is 0.765. The summed E-state index contributed by atoms with van der Waals surface area (Å²) >= 11 is 9.46. The first-order valence-corrected chi connectivity index (χ1v) is 6.88. The van der Waals surface area contributed by atoms with Crippen LogP contribution in [0.3, 0.4) is 0 Å². The fourth-order valence-electron chi connectivity index (χ4n) is 1.73. The van der Waals surface area contributed by atoms with Crippen molar-refractivity contribution in [2.45, 2.75) is 6.42 Å². The molecular formula is C15H12BrClO2. The van der Waals surface area contributed by atoms with Gasteiger partial charge in [-0.3, -0.25) is 4.79 Å². The number of rotatable bonds is 4. The number of halogens is 2. The summed E-state index contributed by atoms with van der Waals surface area (Å²) in [6, 6.07) is 12.6. The smallest absolute Gasteiger partial charge is 0.167 e. The maximum Gasteiger partial charge on any atom is 0.167 e. The third-order valence-electron chi connectivity index (χ3n) is 2.77. The van der Waals surface area contributed by atoms with E-state index >= 15 is 0 Å². The van der Waals surface area contributed by atoms with Gasteiger partial charge in [0, 0.05) is 21.5 Å². The van der Waals surface area contributed by atoms with E-state index in [1.807, 2.05) is 12.1 Å². The SMILES string of the molecule is COc1ccc(C(=O)Cc2cc(Br)ccc2Cl)cc1. The van der Waals surface area contributed by atoms with Crippen LogP contribution in [0.15, 0.2) is 46.9 Å². The molecule has 0 atom stereocenters. The Morgan fingerprint density at radius 2 is 1.89 bits per heavy atom. The molecule has 0 aliphatic rings.